The number of carbonyl (C=O) groups excluding carboxylic acids is 1. The number of benzene rings is 3. The van der Waals surface area contributed by atoms with Gasteiger partial charge in [-0.3, -0.25) is 9.36 Å². The van der Waals surface area contributed by atoms with Crippen LogP contribution in [0.1, 0.15) is 5.56 Å². The Hall–Kier alpha value is -2.97. The first kappa shape index (κ1) is 21.3. The van der Waals surface area contributed by atoms with Crippen LogP contribution in [0.15, 0.2) is 82.4 Å². The third kappa shape index (κ3) is 5.03. The van der Waals surface area contributed by atoms with Gasteiger partial charge in [0.2, 0.25) is 5.91 Å². The minimum Gasteiger partial charge on any atom is -0.325 e. The van der Waals surface area contributed by atoms with E-state index in [0.717, 1.165) is 15.7 Å². The minimum absolute atomic E-state index is 0.136. The molecule has 0 aliphatic carbocycles. The maximum Gasteiger partial charge on any atom is 0.234 e. The van der Waals surface area contributed by atoms with E-state index in [4.69, 9.17) is 0 Å². The van der Waals surface area contributed by atoms with E-state index in [9.17, 15) is 9.18 Å². The summed E-state index contributed by atoms with van der Waals surface area (Å²) >= 11 is 4.62. The van der Waals surface area contributed by atoms with Gasteiger partial charge < -0.3 is 5.32 Å². The van der Waals surface area contributed by atoms with Crippen molar-refractivity contribution in [3.8, 4) is 17.1 Å². The van der Waals surface area contributed by atoms with Crippen LogP contribution in [0.25, 0.3) is 17.1 Å². The molecule has 3 aromatic carbocycles. The van der Waals surface area contributed by atoms with Gasteiger partial charge >= 0.3 is 0 Å². The van der Waals surface area contributed by atoms with Crippen LogP contribution in [-0.4, -0.2) is 26.4 Å². The molecule has 156 valence electrons. The summed E-state index contributed by atoms with van der Waals surface area (Å²) in [4.78, 5) is 12.4. The van der Waals surface area contributed by atoms with E-state index in [0.29, 0.717) is 22.2 Å². The number of aromatic nitrogens is 3. The van der Waals surface area contributed by atoms with Gasteiger partial charge in [0.1, 0.15) is 5.82 Å². The largest absolute Gasteiger partial charge is 0.325 e. The molecule has 1 heterocycles. The zero-order chi connectivity index (χ0) is 21.8. The molecule has 0 radical (unpaired) electrons. The van der Waals surface area contributed by atoms with Gasteiger partial charge in [-0.2, -0.15) is 0 Å². The van der Waals surface area contributed by atoms with E-state index in [2.05, 4.69) is 31.4 Å². The lowest BCUT2D eigenvalue weighted by Gasteiger charge is -2.11. The Morgan fingerprint density at radius 1 is 1.03 bits per heavy atom. The van der Waals surface area contributed by atoms with Crippen molar-refractivity contribution >= 4 is 39.3 Å². The summed E-state index contributed by atoms with van der Waals surface area (Å²) < 4.78 is 17.2. The van der Waals surface area contributed by atoms with Crippen LogP contribution < -0.4 is 5.32 Å². The van der Waals surface area contributed by atoms with Crippen molar-refractivity contribution in [2.75, 3.05) is 11.1 Å². The van der Waals surface area contributed by atoms with Gasteiger partial charge in [-0.15, -0.1) is 10.2 Å². The van der Waals surface area contributed by atoms with Gasteiger partial charge in [0.05, 0.1) is 11.3 Å². The minimum atomic E-state index is -0.382. The predicted octanol–water partition coefficient (Wildman–Crippen LogP) is 5.88. The number of nitrogens with zero attached hydrogens (tertiary/aromatic N) is 3. The highest BCUT2D eigenvalue weighted by molar-refractivity contribution is 9.10. The van der Waals surface area contributed by atoms with E-state index in [1.54, 1.807) is 22.8 Å². The molecule has 1 N–H and O–H groups in total. The number of nitrogens with one attached hydrogen (secondary N) is 1. The Morgan fingerprint density at radius 2 is 1.74 bits per heavy atom. The summed E-state index contributed by atoms with van der Waals surface area (Å²) in [5.41, 5.74) is 2.96. The fraction of sp³-hybridized carbons (Fsp3) is 0.0870. The number of amides is 1. The summed E-state index contributed by atoms with van der Waals surface area (Å²) in [5, 5.41) is 11.8. The first-order chi connectivity index (χ1) is 15.0. The molecule has 0 spiro atoms. The van der Waals surface area contributed by atoms with Crippen molar-refractivity contribution < 1.29 is 9.18 Å². The number of rotatable bonds is 6. The average molecular weight is 497 g/mol. The lowest BCUT2D eigenvalue weighted by Crippen LogP contribution is -2.14. The SMILES string of the molecule is Cc1ccc(-n2c(SCC(=O)Nc3ccc(Br)cc3)nnc2-c2ccccc2F)cc1. The van der Waals surface area contributed by atoms with E-state index < -0.39 is 0 Å². The Morgan fingerprint density at radius 3 is 2.45 bits per heavy atom. The molecule has 8 heteroatoms. The number of aryl methyl sites for hydroxylation is 1. The lowest BCUT2D eigenvalue weighted by molar-refractivity contribution is -0.113. The van der Waals surface area contributed by atoms with Crippen molar-refractivity contribution in [2.45, 2.75) is 12.1 Å². The summed E-state index contributed by atoms with van der Waals surface area (Å²) in [6.07, 6.45) is 0. The van der Waals surface area contributed by atoms with Crippen molar-refractivity contribution in [2.24, 2.45) is 0 Å². The fourth-order valence-corrected chi connectivity index (χ4v) is 3.98. The third-order valence-electron chi connectivity index (χ3n) is 4.50. The van der Waals surface area contributed by atoms with Gasteiger partial charge in [0.15, 0.2) is 11.0 Å². The molecular weight excluding hydrogens is 479 g/mol. The molecule has 0 fully saturated rings. The molecule has 0 aliphatic rings. The van der Waals surface area contributed by atoms with Crippen LogP contribution in [0, 0.1) is 12.7 Å². The molecule has 0 aliphatic heterocycles. The van der Waals surface area contributed by atoms with E-state index in [-0.39, 0.29) is 17.5 Å². The third-order valence-corrected chi connectivity index (χ3v) is 5.96. The highest BCUT2D eigenvalue weighted by atomic mass is 79.9. The summed E-state index contributed by atoms with van der Waals surface area (Å²) in [6, 6.07) is 21.6. The van der Waals surface area contributed by atoms with Gasteiger partial charge in [-0.25, -0.2) is 4.39 Å². The second-order valence-electron chi connectivity index (χ2n) is 6.80. The van der Waals surface area contributed by atoms with Crippen LogP contribution in [-0.2, 0) is 4.79 Å². The van der Waals surface area contributed by atoms with Crippen LogP contribution in [0.5, 0.6) is 0 Å². The molecule has 5 nitrogen and oxygen atoms in total. The average Bonchev–Trinajstić information content (AvgIpc) is 3.18. The maximum absolute atomic E-state index is 14.5. The molecule has 0 unspecified atom stereocenters. The molecule has 1 aromatic heterocycles. The number of hydrogen-bond donors (Lipinski definition) is 1. The molecule has 0 saturated heterocycles. The molecule has 31 heavy (non-hydrogen) atoms. The van der Waals surface area contributed by atoms with Gasteiger partial charge in [-0.05, 0) is 55.5 Å². The van der Waals surface area contributed by atoms with Crippen molar-refractivity contribution in [3.63, 3.8) is 0 Å². The van der Waals surface area contributed by atoms with E-state index >= 15 is 0 Å². The second-order valence-corrected chi connectivity index (χ2v) is 8.66. The molecular formula is C23H18BrFN4OS. The van der Waals surface area contributed by atoms with Crippen LogP contribution >= 0.6 is 27.7 Å². The molecule has 0 bridgehead atoms. The Bertz CT molecular complexity index is 1210. The monoisotopic (exact) mass is 496 g/mol. The number of carbonyl (C=O) groups is 1. The highest BCUT2D eigenvalue weighted by Gasteiger charge is 2.19. The smallest absolute Gasteiger partial charge is 0.234 e. The van der Waals surface area contributed by atoms with Gasteiger partial charge in [0, 0.05) is 15.8 Å². The summed E-state index contributed by atoms with van der Waals surface area (Å²) in [7, 11) is 0. The maximum atomic E-state index is 14.5. The highest BCUT2D eigenvalue weighted by Crippen LogP contribution is 2.29. The van der Waals surface area contributed by atoms with Crippen molar-refractivity contribution in [1.82, 2.24) is 14.8 Å². The van der Waals surface area contributed by atoms with Crippen molar-refractivity contribution in [3.05, 3.63) is 88.6 Å². The number of thioether (sulfide) groups is 1. The summed E-state index contributed by atoms with van der Waals surface area (Å²) in [6.45, 7) is 2.00. The van der Waals surface area contributed by atoms with Gasteiger partial charge in [0.25, 0.3) is 0 Å². The second kappa shape index (κ2) is 9.45. The Kier molecular flexibility index (Phi) is 6.48. The van der Waals surface area contributed by atoms with Crippen LogP contribution in [0.2, 0.25) is 0 Å². The number of hydrogen-bond acceptors (Lipinski definition) is 4. The quantitative estimate of drug-likeness (QED) is 0.339. The normalized spacial score (nSPS) is 10.8. The standard InChI is InChI=1S/C23H18BrFN4OS/c1-15-6-12-18(13-7-15)29-22(19-4-2-3-5-20(19)25)27-28-23(29)31-14-21(30)26-17-10-8-16(24)9-11-17/h2-13H,14H2,1H3,(H,26,30). The van der Waals surface area contributed by atoms with Crippen LogP contribution in [0.4, 0.5) is 10.1 Å². The zero-order valence-corrected chi connectivity index (χ0v) is 19.0. The van der Waals surface area contributed by atoms with E-state index in [1.807, 2.05) is 55.5 Å². The van der Waals surface area contributed by atoms with Crippen LogP contribution in [0.3, 0.4) is 0 Å². The lowest BCUT2D eigenvalue weighted by atomic mass is 10.2. The topological polar surface area (TPSA) is 59.8 Å². The summed E-state index contributed by atoms with van der Waals surface area (Å²) in [5.74, 6) is -0.0269. The van der Waals surface area contributed by atoms with Crippen molar-refractivity contribution in [1.29, 1.82) is 0 Å². The predicted molar refractivity (Wildman–Crippen MR) is 125 cm³/mol. The fourth-order valence-electron chi connectivity index (χ4n) is 2.97. The molecule has 0 atom stereocenters. The Labute approximate surface area is 191 Å². The number of anilines is 1. The zero-order valence-electron chi connectivity index (χ0n) is 16.5. The molecule has 4 rings (SSSR count). The first-order valence-electron chi connectivity index (χ1n) is 9.47. The molecule has 4 aromatic rings. The van der Waals surface area contributed by atoms with Gasteiger partial charge in [-0.1, -0.05) is 57.5 Å². The first-order valence-corrected chi connectivity index (χ1v) is 11.2. The molecule has 1 amide bonds. The van der Waals surface area contributed by atoms with E-state index in [1.165, 1.54) is 17.8 Å². The molecule has 0 saturated carbocycles. The number of halogens is 2. The Balaban J connectivity index is 1.61.